The highest BCUT2D eigenvalue weighted by Gasteiger charge is 2.24. The lowest BCUT2D eigenvalue weighted by atomic mass is 10.1. The fourth-order valence-electron chi connectivity index (χ4n) is 2.31. The molecule has 0 amide bonds. The summed E-state index contributed by atoms with van der Waals surface area (Å²) >= 11 is 0. The van der Waals surface area contributed by atoms with Crippen molar-refractivity contribution in [1.29, 1.82) is 0 Å². The van der Waals surface area contributed by atoms with Crippen molar-refractivity contribution in [2.75, 3.05) is 18.0 Å². The molecular weight excluding hydrogens is 219 g/mol. The van der Waals surface area contributed by atoms with Gasteiger partial charge in [0.15, 0.2) is 0 Å². The summed E-state index contributed by atoms with van der Waals surface area (Å²) < 4.78 is 19.6. The third kappa shape index (κ3) is 2.76. The Hall–Kier alpha value is -1.13. The van der Waals surface area contributed by atoms with Crippen molar-refractivity contribution in [2.24, 2.45) is 5.73 Å². The fraction of sp³-hybridized carbons (Fsp3) is 0.538. The molecule has 0 aliphatic carbocycles. The summed E-state index contributed by atoms with van der Waals surface area (Å²) in [6, 6.07) is 5.20. The molecule has 1 saturated heterocycles. The van der Waals surface area contributed by atoms with E-state index in [1.807, 2.05) is 30.9 Å². The van der Waals surface area contributed by atoms with E-state index in [0.29, 0.717) is 12.2 Å². The second-order valence-corrected chi connectivity index (χ2v) is 4.65. The van der Waals surface area contributed by atoms with Gasteiger partial charge in [0, 0.05) is 19.6 Å². The zero-order valence-electron chi connectivity index (χ0n) is 10.3. The second-order valence-electron chi connectivity index (χ2n) is 4.65. The normalized spacial score (nSPS) is 25.1. The summed E-state index contributed by atoms with van der Waals surface area (Å²) in [4.78, 5) is 2.04. The molecule has 1 heterocycles. The Kier molecular flexibility index (Phi) is 3.64. The van der Waals surface area contributed by atoms with Crippen LogP contribution in [0.25, 0.3) is 0 Å². The molecule has 94 valence electrons. The Balaban J connectivity index is 2.21. The summed E-state index contributed by atoms with van der Waals surface area (Å²) in [6.45, 7) is 5.84. The van der Waals surface area contributed by atoms with Crippen LogP contribution >= 0.6 is 0 Å². The summed E-state index contributed by atoms with van der Waals surface area (Å²) in [7, 11) is 0. The van der Waals surface area contributed by atoms with Crippen molar-refractivity contribution < 1.29 is 9.13 Å². The molecule has 1 fully saturated rings. The number of anilines is 1. The van der Waals surface area contributed by atoms with E-state index >= 15 is 0 Å². The summed E-state index contributed by atoms with van der Waals surface area (Å²) in [5.41, 5.74) is 6.95. The van der Waals surface area contributed by atoms with Gasteiger partial charge in [0.2, 0.25) is 0 Å². The van der Waals surface area contributed by atoms with Gasteiger partial charge in [-0.2, -0.15) is 0 Å². The Morgan fingerprint density at radius 3 is 2.53 bits per heavy atom. The van der Waals surface area contributed by atoms with Gasteiger partial charge in [-0.15, -0.1) is 0 Å². The van der Waals surface area contributed by atoms with Crippen LogP contribution in [0.15, 0.2) is 18.2 Å². The van der Waals surface area contributed by atoms with Crippen LogP contribution in [0.4, 0.5) is 10.1 Å². The number of hydrogen-bond donors (Lipinski definition) is 1. The van der Waals surface area contributed by atoms with Crippen LogP contribution in [-0.2, 0) is 11.3 Å². The van der Waals surface area contributed by atoms with Gasteiger partial charge in [-0.05, 0) is 31.5 Å². The van der Waals surface area contributed by atoms with Crippen LogP contribution < -0.4 is 10.6 Å². The highest BCUT2D eigenvalue weighted by molar-refractivity contribution is 5.49. The Morgan fingerprint density at radius 1 is 1.35 bits per heavy atom. The lowest BCUT2D eigenvalue weighted by Crippen LogP contribution is -2.45. The molecule has 0 spiro atoms. The van der Waals surface area contributed by atoms with E-state index in [9.17, 15) is 4.39 Å². The molecule has 3 nitrogen and oxygen atoms in total. The largest absolute Gasteiger partial charge is 0.372 e. The molecule has 0 bridgehead atoms. The molecule has 2 atom stereocenters. The Morgan fingerprint density at radius 2 is 2.00 bits per heavy atom. The first kappa shape index (κ1) is 12.3. The van der Waals surface area contributed by atoms with Gasteiger partial charge in [0.25, 0.3) is 0 Å². The highest BCUT2D eigenvalue weighted by Crippen LogP contribution is 2.24. The van der Waals surface area contributed by atoms with Crippen LogP contribution in [0.2, 0.25) is 0 Å². The Bertz CT molecular complexity index is 387. The monoisotopic (exact) mass is 238 g/mol. The molecule has 2 N–H and O–H groups in total. The van der Waals surface area contributed by atoms with Crippen molar-refractivity contribution >= 4 is 5.69 Å². The zero-order valence-corrected chi connectivity index (χ0v) is 10.3. The minimum absolute atomic E-state index is 0.132. The first-order valence-electron chi connectivity index (χ1n) is 5.99. The average molecular weight is 238 g/mol. The van der Waals surface area contributed by atoms with Gasteiger partial charge >= 0.3 is 0 Å². The van der Waals surface area contributed by atoms with Crippen LogP contribution in [0.1, 0.15) is 19.4 Å². The van der Waals surface area contributed by atoms with Gasteiger partial charge in [-0.25, -0.2) is 4.39 Å². The van der Waals surface area contributed by atoms with Gasteiger partial charge in [0.05, 0.1) is 17.9 Å². The predicted octanol–water partition coefficient (Wildman–Crippen LogP) is 1.90. The molecule has 17 heavy (non-hydrogen) atoms. The topological polar surface area (TPSA) is 38.5 Å². The first-order valence-corrected chi connectivity index (χ1v) is 5.99. The number of halogens is 1. The highest BCUT2D eigenvalue weighted by atomic mass is 19.1. The molecule has 0 saturated carbocycles. The number of hydrogen-bond acceptors (Lipinski definition) is 3. The van der Waals surface area contributed by atoms with Crippen molar-refractivity contribution in [3.05, 3.63) is 29.6 Å². The number of nitrogens with two attached hydrogens (primary N) is 1. The van der Waals surface area contributed by atoms with Gasteiger partial charge < -0.3 is 15.4 Å². The molecule has 1 aromatic rings. The minimum Gasteiger partial charge on any atom is -0.372 e. The maximum Gasteiger partial charge on any atom is 0.146 e. The van der Waals surface area contributed by atoms with E-state index in [4.69, 9.17) is 10.5 Å². The number of ether oxygens (including phenoxy) is 1. The van der Waals surface area contributed by atoms with Gasteiger partial charge in [-0.3, -0.25) is 0 Å². The van der Waals surface area contributed by atoms with E-state index in [0.717, 1.165) is 18.7 Å². The van der Waals surface area contributed by atoms with Crippen molar-refractivity contribution in [3.8, 4) is 0 Å². The Labute approximate surface area is 101 Å². The quantitative estimate of drug-likeness (QED) is 0.855. The molecule has 1 aliphatic rings. The molecule has 4 heteroatoms. The standard InChI is InChI=1S/C13H19FN2O/c1-9-7-16(8-10(2)17-9)13-4-3-11(6-15)5-12(13)14/h3-5,9-10H,6-8,15H2,1-2H3/t9-,10-/m0/s1. The molecule has 0 unspecified atom stereocenters. The maximum atomic E-state index is 13.9. The third-order valence-corrected chi connectivity index (χ3v) is 3.01. The lowest BCUT2D eigenvalue weighted by Gasteiger charge is -2.37. The smallest absolute Gasteiger partial charge is 0.146 e. The number of morpholine rings is 1. The van der Waals surface area contributed by atoms with Crippen LogP contribution in [-0.4, -0.2) is 25.3 Å². The average Bonchev–Trinajstić information content (AvgIpc) is 2.27. The molecule has 1 aliphatic heterocycles. The van der Waals surface area contributed by atoms with Crippen LogP contribution in [0.3, 0.4) is 0 Å². The van der Waals surface area contributed by atoms with E-state index in [1.54, 1.807) is 0 Å². The summed E-state index contributed by atoms with van der Waals surface area (Å²) in [6.07, 6.45) is 0.264. The molecule has 0 aromatic heterocycles. The second kappa shape index (κ2) is 5.02. The van der Waals surface area contributed by atoms with E-state index in [-0.39, 0.29) is 18.0 Å². The van der Waals surface area contributed by atoms with E-state index in [2.05, 4.69) is 0 Å². The fourth-order valence-corrected chi connectivity index (χ4v) is 2.31. The van der Waals surface area contributed by atoms with Gasteiger partial charge in [-0.1, -0.05) is 6.07 Å². The molecule has 1 aromatic carbocycles. The maximum absolute atomic E-state index is 13.9. The number of rotatable bonds is 2. The SMILES string of the molecule is C[C@H]1CN(c2ccc(CN)cc2F)C[C@H](C)O1. The van der Waals surface area contributed by atoms with Gasteiger partial charge in [0.1, 0.15) is 5.82 Å². The molecular formula is C13H19FN2O. The van der Waals surface area contributed by atoms with E-state index < -0.39 is 0 Å². The predicted molar refractivity (Wildman–Crippen MR) is 66.5 cm³/mol. The summed E-state index contributed by atoms with van der Waals surface area (Å²) in [5, 5.41) is 0. The molecule has 2 rings (SSSR count). The van der Waals surface area contributed by atoms with Crippen LogP contribution in [0.5, 0.6) is 0 Å². The van der Waals surface area contributed by atoms with Crippen molar-refractivity contribution in [3.63, 3.8) is 0 Å². The number of benzene rings is 1. The van der Waals surface area contributed by atoms with E-state index in [1.165, 1.54) is 6.07 Å². The lowest BCUT2D eigenvalue weighted by molar-refractivity contribution is -0.00539. The van der Waals surface area contributed by atoms with Crippen LogP contribution in [0, 0.1) is 5.82 Å². The number of nitrogens with zero attached hydrogens (tertiary/aromatic N) is 1. The minimum atomic E-state index is -0.200. The summed E-state index contributed by atoms with van der Waals surface area (Å²) in [5.74, 6) is -0.200. The first-order chi connectivity index (χ1) is 8.10. The zero-order chi connectivity index (χ0) is 12.4. The molecule has 0 radical (unpaired) electrons. The van der Waals surface area contributed by atoms with Crippen molar-refractivity contribution in [2.45, 2.75) is 32.6 Å². The van der Waals surface area contributed by atoms with Crippen molar-refractivity contribution in [1.82, 2.24) is 0 Å². The third-order valence-electron chi connectivity index (χ3n) is 3.01.